The summed E-state index contributed by atoms with van der Waals surface area (Å²) in [5.41, 5.74) is -0.00337. The van der Waals surface area contributed by atoms with Gasteiger partial charge in [-0.1, -0.05) is 12.5 Å². The number of rotatable bonds is 3. The van der Waals surface area contributed by atoms with Gasteiger partial charge < -0.3 is 14.7 Å². The maximum Gasteiger partial charge on any atom is 0.225 e. The van der Waals surface area contributed by atoms with Gasteiger partial charge in [0.15, 0.2) is 0 Å². The van der Waals surface area contributed by atoms with Gasteiger partial charge in [0.25, 0.3) is 0 Å². The summed E-state index contributed by atoms with van der Waals surface area (Å²) in [6.45, 7) is 1.22. The van der Waals surface area contributed by atoms with Gasteiger partial charge in [0.2, 0.25) is 5.91 Å². The maximum atomic E-state index is 12.7. The Morgan fingerprint density at radius 1 is 1.39 bits per heavy atom. The fraction of sp³-hybridized carbons (Fsp3) is 0.667. The van der Waals surface area contributed by atoms with E-state index in [9.17, 15) is 9.90 Å². The molecule has 3 rings (SSSR count). The summed E-state index contributed by atoms with van der Waals surface area (Å²) in [6, 6.07) is 3.76. The Morgan fingerprint density at radius 3 is 2.83 bits per heavy atom. The molecule has 1 N–H and O–H groups in total. The second-order valence-electron chi connectivity index (χ2n) is 6.82. The third kappa shape index (κ3) is 3.56. The quantitative estimate of drug-likeness (QED) is 0.927. The largest absolute Gasteiger partial charge is 0.385 e. The number of aromatic nitrogens is 1. The van der Waals surface area contributed by atoms with Crippen LogP contribution in [0.15, 0.2) is 24.5 Å². The molecule has 1 aromatic rings. The van der Waals surface area contributed by atoms with Gasteiger partial charge in [0.05, 0.1) is 11.7 Å². The molecule has 2 heterocycles. The molecule has 0 bridgehead atoms. The lowest BCUT2D eigenvalue weighted by molar-refractivity contribution is -0.142. The highest BCUT2D eigenvalue weighted by atomic mass is 16.5. The number of ether oxygens (including phenoxy) is 1. The van der Waals surface area contributed by atoms with E-state index >= 15 is 0 Å². The molecule has 0 aromatic carbocycles. The van der Waals surface area contributed by atoms with E-state index in [-0.39, 0.29) is 17.9 Å². The molecule has 5 heteroatoms. The number of piperidine rings is 1. The molecule has 1 saturated carbocycles. The van der Waals surface area contributed by atoms with Gasteiger partial charge in [-0.05, 0) is 38.2 Å². The van der Waals surface area contributed by atoms with Crippen LogP contribution in [0.1, 0.15) is 44.1 Å². The number of nitrogens with zero attached hydrogens (tertiary/aromatic N) is 2. The van der Waals surface area contributed by atoms with Crippen LogP contribution in [0.5, 0.6) is 0 Å². The van der Waals surface area contributed by atoms with Crippen molar-refractivity contribution in [2.24, 2.45) is 5.92 Å². The van der Waals surface area contributed by atoms with Crippen molar-refractivity contribution < 1.29 is 14.6 Å². The Kier molecular flexibility index (Phi) is 4.97. The van der Waals surface area contributed by atoms with Crippen molar-refractivity contribution >= 4 is 5.91 Å². The minimum atomic E-state index is -0.854. The monoisotopic (exact) mass is 318 g/mol. The van der Waals surface area contributed by atoms with Crippen molar-refractivity contribution in [1.82, 2.24) is 9.88 Å². The highest BCUT2D eigenvalue weighted by Crippen LogP contribution is 2.34. The summed E-state index contributed by atoms with van der Waals surface area (Å²) in [5.74, 6) is 0.318. The van der Waals surface area contributed by atoms with Gasteiger partial charge in [-0.15, -0.1) is 0 Å². The zero-order chi connectivity index (χ0) is 16.3. The average Bonchev–Trinajstić information content (AvgIpc) is 2.62. The van der Waals surface area contributed by atoms with E-state index in [1.165, 1.54) is 0 Å². The normalized spacial score (nSPS) is 27.7. The van der Waals surface area contributed by atoms with Crippen molar-refractivity contribution in [1.29, 1.82) is 0 Å². The third-order valence-corrected chi connectivity index (χ3v) is 5.41. The van der Waals surface area contributed by atoms with Crippen LogP contribution in [-0.4, -0.2) is 47.2 Å². The maximum absolute atomic E-state index is 12.7. The number of pyridine rings is 1. The van der Waals surface area contributed by atoms with E-state index in [0.29, 0.717) is 25.9 Å². The Labute approximate surface area is 137 Å². The molecule has 1 aliphatic heterocycles. The number of carbonyl (C=O) groups is 1. The summed E-state index contributed by atoms with van der Waals surface area (Å²) in [7, 11) is 1.73. The van der Waals surface area contributed by atoms with Crippen LogP contribution in [0, 0.1) is 5.92 Å². The molecule has 1 saturated heterocycles. The van der Waals surface area contributed by atoms with Crippen molar-refractivity contribution in [3.63, 3.8) is 0 Å². The first kappa shape index (κ1) is 16.4. The summed E-state index contributed by atoms with van der Waals surface area (Å²) >= 11 is 0. The van der Waals surface area contributed by atoms with Crippen molar-refractivity contribution in [3.8, 4) is 0 Å². The van der Waals surface area contributed by atoms with Crippen LogP contribution in [0.2, 0.25) is 0 Å². The van der Waals surface area contributed by atoms with Crippen LogP contribution >= 0.6 is 0 Å². The summed E-state index contributed by atoms with van der Waals surface area (Å²) < 4.78 is 5.43. The standard InChI is InChI=1S/C18H26N2O3/c1-23-16-6-2-4-14(12-16)17(21)20-10-7-18(22,8-11-20)15-5-3-9-19-13-15/h3,5,9,13-14,16,22H,2,4,6-8,10-12H2,1H3. The highest BCUT2D eigenvalue weighted by molar-refractivity contribution is 5.79. The molecule has 23 heavy (non-hydrogen) atoms. The molecule has 1 aromatic heterocycles. The minimum Gasteiger partial charge on any atom is -0.385 e. The molecule has 0 radical (unpaired) electrons. The van der Waals surface area contributed by atoms with Crippen LogP contribution in [0.4, 0.5) is 0 Å². The minimum absolute atomic E-state index is 0.0817. The number of hydrogen-bond acceptors (Lipinski definition) is 4. The van der Waals surface area contributed by atoms with Gasteiger partial charge >= 0.3 is 0 Å². The molecule has 2 fully saturated rings. The number of hydrogen-bond donors (Lipinski definition) is 1. The number of likely N-dealkylation sites (tertiary alicyclic amines) is 1. The van der Waals surface area contributed by atoms with Crippen molar-refractivity contribution in [2.45, 2.75) is 50.2 Å². The van der Waals surface area contributed by atoms with Crippen LogP contribution < -0.4 is 0 Å². The lowest BCUT2D eigenvalue weighted by Crippen LogP contribution is -2.48. The second kappa shape index (κ2) is 6.97. The molecule has 5 nitrogen and oxygen atoms in total. The topological polar surface area (TPSA) is 62.7 Å². The first-order valence-electron chi connectivity index (χ1n) is 8.57. The molecule has 1 amide bonds. The van der Waals surface area contributed by atoms with E-state index in [1.54, 1.807) is 19.5 Å². The van der Waals surface area contributed by atoms with E-state index < -0.39 is 5.60 Å². The summed E-state index contributed by atoms with van der Waals surface area (Å²) in [5, 5.41) is 10.8. The average molecular weight is 318 g/mol. The Hall–Kier alpha value is -1.46. The fourth-order valence-electron chi connectivity index (χ4n) is 3.87. The Bertz CT molecular complexity index is 526. The second-order valence-corrected chi connectivity index (χ2v) is 6.82. The first-order chi connectivity index (χ1) is 11.1. The fourth-order valence-corrected chi connectivity index (χ4v) is 3.87. The number of aliphatic hydroxyl groups is 1. The molecule has 126 valence electrons. The van der Waals surface area contributed by atoms with Crippen molar-refractivity contribution in [2.75, 3.05) is 20.2 Å². The van der Waals surface area contributed by atoms with Crippen LogP contribution in [0.25, 0.3) is 0 Å². The van der Waals surface area contributed by atoms with Gasteiger partial charge in [-0.3, -0.25) is 9.78 Å². The lowest BCUT2D eigenvalue weighted by atomic mass is 9.83. The van der Waals surface area contributed by atoms with E-state index in [2.05, 4.69) is 4.98 Å². The van der Waals surface area contributed by atoms with Crippen LogP contribution in [0.3, 0.4) is 0 Å². The number of carbonyl (C=O) groups excluding carboxylic acids is 1. The predicted molar refractivity (Wildman–Crippen MR) is 86.7 cm³/mol. The molecule has 1 aliphatic carbocycles. The van der Waals surface area contributed by atoms with Gasteiger partial charge in [0, 0.05) is 44.1 Å². The summed E-state index contributed by atoms with van der Waals surface area (Å²) in [4.78, 5) is 18.8. The van der Waals surface area contributed by atoms with E-state index in [1.807, 2.05) is 17.0 Å². The third-order valence-electron chi connectivity index (χ3n) is 5.41. The SMILES string of the molecule is COC1CCCC(C(=O)N2CCC(O)(c3cccnc3)CC2)C1. The summed E-state index contributed by atoms with van der Waals surface area (Å²) in [6.07, 6.45) is 8.71. The molecular weight excluding hydrogens is 292 g/mol. The number of amides is 1. The molecule has 2 unspecified atom stereocenters. The lowest BCUT2D eigenvalue weighted by Gasteiger charge is -2.40. The Morgan fingerprint density at radius 2 is 2.17 bits per heavy atom. The van der Waals surface area contributed by atoms with E-state index in [0.717, 1.165) is 31.2 Å². The van der Waals surface area contributed by atoms with Gasteiger partial charge in [0.1, 0.15) is 0 Å². The smallest absolute Gasteiger partial charge is 0.225 e. The molecular formula is C18H26N2O3. The molecule has 2 aliphatic rings. The van der Waals surface area contributed by atoms with Gasteiger partial charge in [-0.25, -0.2) is 0 Å². The van der Waals surface area contributed by atoms with Gasteiger partial charge in [-0.2, -0.15) is 0 Å². The Balaban J connectivity index is 1.59. The zero-order valence-corrected chi connectivity index (χ0v) is 13.8. The molecule has 2 atom stereocenters. The van der Waals surface area contributed by atoms with Crippen molar-refractivity contribution in [3.05, 3.63) is 30.1 Å². The first-order valence-corrected chi connectivity index (χ1v) is 8.57. The molecule has 0 spiro atoms. The van der Waals surface area contributed by atoms with E-state index in [4.69, 9.17) is 4.74 Å². The number of methoxy groups -OCH3 is 1. The highest BCUT2D eigenvalue weighted by Gasteiger charge is 2.38. The predicted octanol–water partition coefficient (Wildman–Crippen LogP) is 2.10. The zero-order valence-electron chi connectivity index (χ0n) is 13.8. The van der Waals surface area contributed by atoms with Crippen LogP contribution in [-0.2, 0) is 15.1 Å².